The number of ketones is 2. The van der Waals surface area contributed by atoms with E-state index in [1.54, 1.807) is 19.0 Å². The van der Waals surface area contributed by atoms with Gasteiger partial charge in [0.05, 0.1) is 11.6 Å². The first-order chi connectivity index (χ1) is 21.0. The number of anilines is 1. The Balaban J connectivity index is 1.55. The van der Waals surface area contributed by atoms with Gasteiger partial charge >= 0.3 is 0 Å². The molecule has 45 heavy (non-hydrogen) atoms. The topological polar surface area (TPSA) is 170 Å². The molecule has 236 valence electrons. The van der Waals surface area contributed by atoms with Crippen LogP contribution >= 0.6 is 0 Å². The van der Waals surface area contributed by atoms with E-state index in [9.17, 15) is 29.7 Å². The third-order valence-corrected chi connectivity index (χ3v) is 9.56. The van der Waals surface area contributed by atoms with Gasteiger partial charge in [0.15, 0.2) is 17.0 Å². The van der Waals surface area contributed by atoms with Crippen LogP contribution in [0.5, 0.6) is 0 Å². The van der Waals surface area contributed by atoms with E-state index in [1.807, 2.05) is 49.3 Å². The lowest BCUT2D eigenvalue weighted by Crippen LogP contribution is -2.63. The fraction of sp³-hybridized carbons (Fsp3) is 0.412. The number of hydrogen-bond donors (Lipinski definition) is 4. The van der Waals surface area contributed by atoms with Gasteiger partial charge in [0.2, 0.25) is 11.7 Å². The van der Waals surface area contributed by atoms with Gasteiger partial charge in [0, 0.05) is 36.8 Å². The lowest BCUT2D eigenvalue weighted by Gasteiger charge is -2.50. The van der Waals surface area contributed by atoms with Crippen molar-refractivity contribution < 1.29 is 34.1 Å². The molecule has 0 spiro atoms. The molecule has 2 aromatic carbocycles. The molecule has 0 fully saturated rings. The highest BCUT2D eigenvalue weighted by atomic mass is 16.4. The third-order valence-electron chi connectivity index (χ3n) is 9.56. The number of nitrogens with two attached hydrogens (primary N) is 1. The van der Waals surface area contributed by atoms with Crippen LogP contribution in [-0.4, -0.2) is 82.5 Å². The Morgan fingerprint density at radius 2 is 1.73 bits per heavy atom. The number of amides is 1. The van der Waals surface area contributed by atoms with E-state index < -0.39 is 58.0 Å². The van der Waals surface area contributed by atoms with Crippen LogP contribution < -0.4 is 10.6 Å². The van der Waals surface area contributed by atoms with Crippen LogP contribution in [0.25, 0.3) is 22.6 Å². The number of likely N-dealkylation sites (N-methyl/N-ethyl adjacent to an activating group) is 1. The number of primary amides is 1. The Morgan fingerprint density at radius 3 is 2.29 bits per heavy atom. The largest absolute Gasteiger partial charge is 0.510 e. The molecule has 11 heteroatoms. The molecule has 3 aliphatic rings. The standard InChI is InChI=1S/C34H38N4O7/c1-33(2,3)17-10-8-15(9-11-17)32-36-20-14-21(37(4)5)18-12-16-13-19-25(38(6)7)27(40)24(31(35)43)30(42)34(19,44)29(41)22(16)26(39)23(18)28(20)45-32/h8-11,14,16,19,25,40-41,44H,12-13H2,1-7H3,(H2,35,43)/t16-,19-,25-,34-/m0/s1. The molecule has 3 aromatic rings. The maximum Gasteiger partial charge on any atom is 0.255 e. The van der Waals surface area contributed by atoms with Crippen LogP contribution in [0, 0.1) is 11.8 Å². The lowest BCUT2D eigenvalue weighted by molar-refractivity contribution is -0.148. The summed E-state index contributed by atoms with van der Waals surface area (Å²) in [5.41, 5.74) is 6.02. The van der Waals surface area contributed by atoms with Crippen molar-refractivity contribution in [3.8, 4) is 11.5 Å². The van der Waals surface area contributed by atoms with Crippen LogP contribution in [0.2, 0.25) is 0 Å². The third kappa shape index (κ3) is 4.32. The summed E-state index contributed by atoms with van der Waals surface area (Å²) >= 11 is 0. The van der Waals surface area contributed by atoms with E-state index in [4.69, 9.17) is 15.1 Å². The number of aromatic nitrogens is 1. The number of aliphatic hydroxyl groups is 3. The van der Waals surface area contributed by atoms with Gasteiger partial charge in [-0.25, -0.2) is 4.98 Å². The first-order valence-corrected chi connectivity index (χ1v) is 14.9. The van der Waals surface area contributed by atoms with Crippen LogP contribution in [-0.2, 0) is 21.4 Å². The smallest absolute Gasteiger partial charge is 0.255 e. The summed E-state index contributed by atoms with van der Waals surface area (Å²) in [4.78, 5) is 48.5. The number of nitrogens with zero attached hydrogens (tertiary/aromatic N) is 3. The molecule has 1 aromatic heterocycles. The Kier molecular flexibility index (Phi) is 6.80. The van der Waals surface area contributed by atoms with Crippen molar-refractivity contribution in [3.05, 3.63) is 69.7 Å². The minimum Gasteiger partial charge on any atom is -0.510 e. The minimum atomic E-state index is -2.65. The molecule has 0 bridgehead atoms. The van der Waals surface area contributed by atoms with Crippen molar-refractivity contribution in [2.24, 2.45) is 17.6 Å². The van der Waals surface area contributed by atoms with Crippen LogP contribution in [0.4, 0.5) is 5.69 Å². The number of aliphatic hydroxyl groups excluding tert-OH is 2. The molecule has 3 aliphatic carbocycles. The fourth-order valence-electron chi connectivity index (χ4n) is 7.32. The Morgan fingerprint density at radius 1 is 1.09 bits per heavy atom. The normalized spacial score (nSPS) is 25.0. The molecule has 0 saturated carbocycles. The molecular weight excluding hydrogens is 576 g/mol. The van der Waals surface area contributed by atoms with E-state index in [2.05, 4.69) is 20.8 Å². The van der Waals surface area contributed by atoms with E-state index >= 15 is 0 Å². The van der Waals surface area contributed by atoms with Crippen LogP contribution in [0.3, 0.4) is 0 Å². The first-order valence-electron chi connectivity index (χ1n) is 14.9. The lowest BCUT2D eigenvalue weighted by atomic mass is 9.58. The maximum atomic E-state index is 14.5. The molecule has 1 amide bonds. The van der Waals surface area contributed by atoms with Crippen molar-refractivity contribution in [1.82, 2.24) is 9.88 Å². The van der Waals surface area contributed by atoms with Crippen LogP contribution in [0.1, 0.15) is 48.7 Å². The second-order valence-electron chi connectivity index (χ2n) is 13.8. The summed E-state index contributed by atoms with van der Waals surface area (Å²) in [7, 11) is 6.95. The highest BCUT2D eigenvalue weighted by molar-refractivity contribution is 6.25. The van der Waals surface area contributed by atoms with Gasteiger partial charge in [0.1, 0.15) is 22.6 Å². The summed E-state index contributed by atoms with van der Waals surface area (Å²) in [6.07, 6.45) is 0.354. The molecule has 0 saturated heterocycles. The summed E-state index contributed by atoms with van der Waals surface area (Å²) in [5, 5.41) is 34.6. The van der Waals surface area contributed by atoms with Gasteiger partial charge in [-0.15, -0.1) is 0 Å². The molecular formula is C34H38N4O7. The van der Waals surface area contributed by atoms with Crippen molar-refractivity contribution >= 4 is 34.3 Å². The number of allylic oxidation sites excluding steroid dienone is 1. The molecule has 1 heterocycles. The Hall–Kier alpha value is -4.48. The number of hydrogen-bond acceptors (Lipinski definition) is 10. The van der Waals surface area contributed by atoms with E-state index in [-0.39, 0.29) is 35.0 Å². The number of rotatable bonds is 4. The van der Waals surface area contributed by atoms with Gasteiger partial charge in [-0.2, -0.15) is 0 Å². The SMILES string of the molecule is CN(C)c1cc2nc(-c3ccc(C(C)(C)C)cc3)oc2c2c1C[C@H]1C[C@H]3[C@H](N(C)C)C(O)=C(C(N)=O)C(=O)[C@@]3(O)C(O)=C1C2=O. The maximum absolute atomic E-state index is 14.5. The summed E-state index contributed by atoms with van der Waals surface area (Å²) < 4.78 is 6.27. The van der Waals surface area contributed by atoms with E-state index in [1.165, 1.54) is 0 Å². The first kappa shape index (κ1) is 30.5. The quantitative estimate of drug-likeness (QED) is 0.319. The number of oxazole rings is 1. The zero-order valence-corrected chi connectivity index (χ0v) is 26.4. The van der Waals surface area contributed by atoms with Crippen molar-refractivity contribution in [2.45, 2.75) is 50.7 Å². The monoisotopic (exact) mass is 614 g/mol. The second kappa shape index (κ2) is 10.0. The zero-order valence-electron chi connectivity index (χ0n) is 26.4. The Labute approximate surface area is 260 Å². The number of fused-ring (bicyclic) bond motifs is 5. The van der Waals surface area contributed by atoms with E-state index in [0.717, 1.165) is 16.8 Å². The molecule has 0 radical (unpaired) electrons. The van der Waals surface area contributed by atoms with Gasteiger partial charge in [-0.1, -0.05) is 32.9 Å². The van der Waals surface area contributed by atoms with Crippen molar-refractivity contribution in [3.63, 3.8) is 0 Å². The average Bonchev–Trinajstić information content (AvgIpc) is 3.37. The summed E-state index contributed by atoms with van der Waals surface area (Å²) in [5.74, 6) is -5.80. The zero-order chi connectivity index (χ0) is 32.9. The van der Waals surface area contributed by atoms with Crippen molar-refractivity contribution in [1.29, 1.82) is 0 Å². The molecule has 0 aliphatic heterocycles. The molecule has 11 nitrogen and oxygen atoms in total. The average molecular weight is 615 g/mol. The fourth-order valence-corrected chi connectivity index (χ4v) is 7.32. The number of carbonyl (C=O) groups excluding carboxylic acids is 3. The summed E-state index contributed by atoms with van der Waals surface area (Å²) in [6, 6.07) is 8.71. The van der Waals surface area contributed by atoms with Gasteiger partial charge in [0.25, 0.3) is 5.91 Å². The summed E-state index contributed by atoms with van der Waals surface area (Å²) in [6.45, 7) is 6.37. The molecule has 0 unspecified atom stereocenters. The predicted molar refractivity (Wildman–Crippen MR) is 168 cm³/mol. The molecule has 5 N–H and O–H groups in total. The number of carbonyl (C=O) groups is 3. The van der Waals surface area contributed by atoms with Gasteiger partial charge in [-0.3, -0.25) is 19.3 Å². The second-order valence-corrected chi connectivity index (χ2v) is 13.8. The van der Waals surface area contributed by atoms with E-state index in [0.29, 0.717) is 17.0 Å². The highest BCUT2D eigenvalue weighted by Crippen LogP contribution is 2.53. The molecule has 6 rings (SSSR count). The van der Waals surface area contributed by atoms with Gasteiger partial charge in [-0.05, 0) is 67.6 Å². The minimum absolute atomic E-state index is 0.0414. The molecule has 4 atom stereocenters. The highest BCUT2D eigenvalue weighted by Gasteiger charge is 2.63. The number of benzene rings is 2. The van der Waals surface area contributed by atoms with Crippen LogP contribution in [0.15, 0.2) is 57.4 Å². The Bertz CT molecular complexity index is 1860. The van der Waals surface area contributed by atoms with Gasteiger partial charge < -0.3 is 30.4 Å². The predicted octanol–water partition coefficient (Wildman–Crippen LogP) is 3.59. The van der Waals surface area contributed by atoms with Crippen molar-refractivity contribution in [2.75, 3.05) is 33.1 Å². The number of Topliss-reactive ketones (excluding diaryl/α,β-unsaturated/α-hetero) is 2.